The molecule has 0 unspecified atom stereocenters. The highest BCUT2D eigenvalue weighted by atomic mass is 16.5. The molecule has 1 aromatic heterocycles. The number of H-pyrrole nitrogens is 1. The summed E-state index contributed by atoms with van der Waals surface area (Å²) in [6.45, 7) is 4.02. The molecule has 3 rings (SSSR count). The van der Waals surface area contributed by atoms with E-state index >= 15 is 0 Å². The van der Waals surface area contributed by atoms with Gasteiger partial charge in [-0.25, -0.2) is 4.79 Å². The van der Waals surface area contributed by atoms with Gasteiger partial charge in [-0.05, 0) is 44.1 Å². The van der Waals surface area contributed by atoms with E-state index in [0.717, 1.165) is 23.2 Å². The van der Waals surface area contributed by atoms with Crippen molar-refractivity contribution in [2.24, 2.45) is 0 Å². The van der Waals surface area contributed by atoms with Crippen LogP contribution in [0.4, 0.5) is 0 Å². The Kier molecular flexibility index (Phi) is 4.10. The molecule has 1 fully saturated rings. The van der Waals surface area contributed by atoms with Crippen molar-refractivity contribution in [3.63, 3.8) is 0 Å². The monoisotopic (exact) mass is 288 g/mol. The normalized spacial score (nSPS) is 15.5. The number of nitrogens with zero attached hydrogens (tertiary/aromatic N) is 1. The van der Waals surface area contributed by atoms with Crippen LogP contribution in [0.5, 0.6) is 5.75 Å². The van der Waals surface area contributed by atoms with Gasteiger partial charge in [0.05, 0.1) is 7.11 Å². The Morgan fingerprint density at radius 2 is 2.10 bits per heavy atom. The Labute approximate surface area is 123 Å². The molecule has 0 aliphatic carbocycles. The van der Waals surface area contributed by atoms with Crippen LogP contribution in [-0.2, 0) is 4.74 Å². The molecule has 0 radical (unpaired) electrons. The van der Waals surface area contributed by atoms with Crippen molar-refractivity contribution in [3.05, 3.63) is 30.0 Å². The third-order valence-electron chi connectivity index (χ3n) is 3.87. The van der Waals surface area contributed by atoms with Crippen LogP contribution in [0.1, 0.15) is 23.3 Å². The van der Waals surface area contributed by atoms with Gasteiger partial charge in [-0.1, -0.05) is 0 Å². The van der Waals surface area contributed by atoms with Gasteiger partial charge in [0.15, 0.2) is 0 Å². The van der Waals surface area contributed by atoms with Gasteiger partial charge in [-0.15, -0.1) is 0 Å². The van der Waals surface area contributed by atoms with Gasteiger partial charge in [0.2, 0.25) is 0 Å². The van der Waals surface area contributed by atoms with E-state index in [2.05, 4.69) is 9.88 Å². The van der Waals surface area contributed by atoms with E-state index in [1.807, 2.05) is 18.2 Å². The van der Waals surface area contributed by atoms with E-state index in [0.29, 0.717) is 12.3 Å². The lowest BCUT2D eigenvalue weighted by atomic mass is 10.2. The van der Waals surface area contributed by atoms with Crippen LogP contribution < -0.4 is 4.74 Å². The first kappa shape index (κ1) is 13.9. The van der Waals surface area contributed by atoms with E-state index in [1.54, 1.807) is 6.07 Å². The number of esters is 1. The van der Waals surface area contributed by atoms with E-state index in [-0.39, 0.29) is 5.97 Å². The van der Waals surface area contributed by atoms with Crippen LogP contribution in [0, 0.1) is 0 Å². The molecule has 0 atom stereocenters. The predicted octanol–water partition coefficient (Wildman–Crippen LogP) is 2.43. The summed E-state index contributed by atoms with van der Waals surface area (Å²) in [7, 11) is 1.38. The summed E-state index contributed by atoms with van der Waals surface area (Å²) in [5, 5.41) is 0.974. The Balaban J connectivity index is 1.64. The summed E-state index contributed by atoms with van der Waals surface area (Å²) < 4.78 is 10.5. The van der Waals surface area contributed by atoms with Crippen LogP contribution in [0.25, 0.3) is 10.9 Å². The van der Waals surface area contributed by atoms with E-state index < -0.39 is 0 Å². The van der Waals surface area contributed by atoms with Crippen molar-refractivity contribution < 1.29 is 14.3 Å². The number of fused-ring (bicyclic) bond motifs is 1. The van der Waals surface area contributed by atoms with Gasteiger partial charge in [0, 0.05) is 23.5 Å². The number of hydrogen-bond donors (Lipinski definition) is 1. The highest BCUT2D eigenvalue weighted by Crippen LogP contribution is 2.22. The Hall–Kier alpha value is -2.01. The number of aromatic amines is 1. The van der Waals surface area contributed by atoms with Crippen LogP contribution in [0.15, 0.2) is 24.3 Å². The fraction of sp³-hybridized carbons (Fsp3) is 0.438. The van der Waals surface area contributed by atoms with Crippen molar-refractivity contribution in [1.82, 2.24) is 9.88 Å². The van der Waals surface area contributed by atoms with Gasteiger partial charge >= 0.3 is 5.97 Å². The van der Waals surface area contributed by atoms with Crippen molar-refractivity contribution in [3.8, 4) is 5.75 Å². The van der Waals surface area contributed by atoms with Crippen molar-refractivity contribution in [1.29, 1.82) is 0 Å². The third-order valence-corrected chi connectivity index (χ3v) is 3.87. The maximum atomic E-state index is 11.5. The maximum Gasteiger partial charge on any atom is 0.354 e. The van der Waals surface area contributed by atoms with Gasteiger partial charge < -0.3 is 14.5 Å². The lowest BCUT2D eigenvalue weighted by Crippen LogP contribution is -2.25. The zero-order chi connectivity index (χ0) is 14.7. The lowest BCUT2D eigenvalue weighted by molar-refractivity contribution is 0.0595. The molecular weight excluding hydrogens is 268 g/mol. The topological polar surface area (TPSA) is 54.6 Å². The Morgan fingerprint density at radius 1 is 1.29 bits per heavy atom. The molecule has 0 amide bonds. The summed E-state index contributed by atoms with van der Waals surface area (Å²) in [4.78, 5) is 17.0. The summed E-state index contributed by atoms with van der Waals surface area (Å²) >= 11 is 0. The molecule has 2 heterocycles. The second-order valence-electron chi connectivity index (χ2n) is 5.32. The van der Waals surface area contributed by atoms with E-state index in [4.69, 9.17) is 9.47 Å². The molecule has 5 heteroatoms. The first-order chi connectivity index (χ1) is 10.3. The summed E-state index contributed by atoms with van der Waals surface area (Å²) in [5.74, 6) is 0.461. The number of benzene rings is 1. The van der Waals surface area contributed by atoms with Crippen LogP contribution in [-0.4, -0.2) is 49.2 Å². The number of nitrogens with one attached hydrogen (secondary N) is 1. The van der Waals surface area contributed by atoms with Gasteiger partial charge in [0.1, 0.15) is 18.1 Å². The van der Waals surface area contributed by atoms with Crippen LogP contribution in [0.3, 0.4) is 0 Å². The van der Waals surface area contributed by atoms with Crippen LogP contribution in [0.2, 0.25) is 0 Å². The first-order valence-electron chi connectivity index (χ1n) is 7.32. The molecule has 1 N–H and O–H groups in total. The van der Waals surface area contributed by atoms with Gasteiger partial charge in [-0.2, -0.15) is 0 Å². The molecule has 1 saturated heterocycles. The zero-order valence-corrected chi connectivity index (χ0v) is 12.2. The minimum absolute atomic E-state index is 0.359. The fourth-order valence-electron chi connectivity index (χ4n) is 2.71. The lowest BCUT2D eigenvalue weighted by Gasteiger charge is -2.14. The second kappa shape index (κ2) is 6.18. The third kappa shape index (κ3) is 3.19. The highest BCUT2D eigenvalue weighted by molar-refractivity contribution is 5.95. The first-order valence-corrected chi connectivity index (χ1v) is 7.32. The van der Waals surface area contributed by atoms with E-state index in [9.17, 15) is 4.79 Å². The van der Waals surface area contributed by atoms with Crippen molar-refractivity contribution in [2.75, 3.05) is 33.4 Å². The molecule has 21 heavy (non-hydrogen) atoms. The molecule has 2 aromatic rings. The minimum Gasteiger partial charge on any atom is -0.492 e. The molecule has 1 aliphatic rings. The molecular formula is C16H20N2O3. The molecule has 0 spiro atoms. The summed E-state index contributed by atoms with van der Waals surface area (Å²) in [6, 6.07) is 7.59. The fourth-order valence-corrected chi connectivity index (χ4v) is 2.71. The predicted molar refractivity (Wildman–Crippen MR) is 80.8 cm³/mol. The number of carbonyl (C=O) groups is 1. The number of likely N-dealkylation sites (tertiary alicyclic amines) is 1. The molecule has 1 aliphatic heterocycles. The average molecular weight is 288 g/mol. The number of hydrogen-bond acceptors (Lipinski definition) is 4. The molecule has 5 nitrogen and oxygen atoms in total. The molecule has 0 bridgehead atoms. The van der Waals surface area contributed by atoms with Crippen molar-refractivity contribution in [2.45, 2.75) is 12.8 Å². The number of carbonyl (C=O) groups excluding carboxylic acids is 1. The molecule has 112 valence electrons. The SMILES string of the molecule is COC(=O)c1cc2ccc(OCCN3CCCC3)cc2[nH]1. The number of ether oxygens (including phenoxy) is 2. The largest absolute Gasteiger partial charge is 0.492 e. The zero-order valence-electron chi connectivity index (χ0n) is 12.2. The number of aromatic nitrogens is 1. The molecule has 1 aromatic carbocycles. The second-order valence-corrected chi connectivity index (χ2v) is 5.32. The number of methoxy groups -OCH3 is 1. The van der Waals surface area contributed by atoms with E-state index in [1.165, 1.54) is 33.0 Å². The maximum absolute atomic E-state index is 11.5. The Morgan fingerprint density at radius 3 is 2.86 bits per heavy atom. The summed E-state index contributed by atoms with van der Waals surface area (Å²) in [6.07, 6.45) is 2.59. The molecule has 0 saturated carbocycles. The standard InChI is InChI=1S/C16H20N2O3/c1-20-16(19)15-10-12-4-5-13(11-14(12)17-15)21-9-8-18-6-2-3-7-18/h4-5,10-11,17H,2-3,6-9H2,1H3. The highest BCUT2D eigenvalue weighted by Gasteiger charge is 2.12. The Bertz CT molecular complexity index is 629. The van der Waals surface area contributed by atoms with Crippen LogP contribution >= 0.6 is 0 Å². The van der Waals surface area contributed by atoms with Gasteiger partial charge in [-0.3, -0.25) is 4.90 Å². The minimum atomic E-state index is -0.359. The van der Waals surface area contributed by atoms with Crippen molar-refractivity contribution >= 4 is 16.9 Å². The number of rotatable bonds is 5. The average Bonchev–Trinajstić information content (AvgIpc) is 3.14. The quantitative estimate of drug-likeness (QED) is 0.859. The van der Waals surface area contributed by atoms with Gasteiger partial charge in [0.25, 0.3) is 0 Å². The smallest absolute Gasteiger partial charge is 0.354 e. The summed E-state index contributed by atoms with van der Waals surface area (Å²) in [5.41, 5.74) is 1.34.